The highest BCUT2D eigenvalue weighted by Gasteiger charge is 2.24. The fraction of sp³-hybridized carbons (Fsp3) is 0.389. The number of imidazole rings is 1. The van der Waals surface area contributed by atoms with E-state index in [1.165, 1.54) is 17.0 Å². The Labute approximate surface area is 146 Å². The number of carbonyl (C=O) groups excluding carboxylic acids is 1. The Bertz CT molecular complexity index is 802. The molecular weight excluding hydrogens is 323 g/mol. The number of amides is 1. The molecule has 0 aliphatic heterocycles. The zero-order valence-electron chi connectivity index (χ0n) is 14.8. The van der Waals surface area contributed by atoms with Gasteiger partial charge in [-0.25, -0.2) is 14.2 Å². The molecule has 2 rings (SSSR count). The number of hydrogen-bond acceptors (Lipinski definition) is 4. The van der Waals surface area contributed by atoms with Crippen LogP contribution in [0.3, 0.4) is 0 Å². The number of carbonyl (C=O) groups is 1. The van der Waals surface area contributed by atoms with Gasteiger partial charge in [-0.3, -0.25) is 4.90 Å². The molecule has 0 spiro atoms. The smallest absolute Gasteiger partial charge is 0.415 e. The van der Waals surface area contributed by atoms with Gasteiger partial charge in [0.2, 0.25) is 0 Å². The van der Waals surface area contributed by atoms with Crippen LogP contribution >= 0.6 is 0 Å². The Morgan fingerprint density at radius 1 is 1.44 bits per heavy atom. The minimum absolute atomic E-state index is 0.00135. The van der Waals surface area contributed by atoms with E-state index in [9.17, 15) is 9.18 Å². The number of hydrogen-bond donors (Lipinski definition) is 0. The van der Waals surface area contributed by atoms with Crippen molar-refractivity contribution in [2.75, 3.05) is 11.4 Å². The Morgan fingerprint density at radius 2 is 2.16 bits per heavy atom. The first-order valence-electron chi connectivity index (χ1n) is 7.94. The van der Waals surface area contributed by atoms with Gasteiger partial charge < -0.3 is 9.30 Å². The van der Waals surface area contributed by atoms with Crippen LogP contribution in [0.15, 0.2) is 30.7 Å². The SMILES string of the molecule is CCN(C(=O)OC(C)(C)C)c1cncn1Cc1ccc(C#N)c(F)c1. The molecule has 0 aliphatic rings. The van der Waals surface area contributed by atoms with Gasteiger partial charge in [-0.2, -0.15) is 5.26 Å². The molecule has 0 N–H and O–H groups in total. The molecule has 0 bridgehead atoms. The summed E-state index contributed by atoms with van der Waals surface area (Å²) in [7, 11) is 0. The van der Waals surface area contributed by atoms with Crippen LogP contribution in [0.4, 0.5) is 15.0 Å². The molecule has 7 heteroatoms. The fourth-order valence-electron chi connectivity index (χ4n) is 2.31. The number of anilines is 1. The number of rotatable bonds is 4. The molecule has 132 valence electrons. The van der Waals surface area contributed by atoms with Gasteiger partial charge in [-0.1, -0.05) is 6.07 Å². The lowest BCUT2D eigenvalue weighted by Crippen LogP contribution is -2.37. The maximum absolute atomic E-state index is 13.8. The van der Waals surface area contributed by atoms with Gasteiger partial charge in [-0.05, 0) is 45.4 Å². The summed E-state index contributed by atoms with van der Waals surface area (Å²) in [5.41, 5.74) is 0.0561. The third kappa shape index (κ3) is 4.57. The number of halogens is 1. The molecule has 6 nitrogen and oxygen atoms in total. The Balaban J connectivity index is 2.25. The van der Waals surface area contributed by atoms with Gasteiger partial charge in [0.05, 0.1) is 24.6 Å². The summed E-state index contributed by atoms with van der Waals surface area (Å²) < 4.78 is 20.9. The van der Waals surface area contributed by atoms with Crippen molar-refractivity contribution in [2.24, 2.45) is 0 Å². The first-order chi connectivity index (χ1) is 11.7. The van der Waals surface area contributed by atoms with Gasteiger partial charge >= 0.3 is 6.09 Å². The topological polar surface area (TPSA) is 71.2 Å². The summed E-state index contributed by atoms with van der Waals surface area (Å²) in [6, 6.07) is 6.22. The fourth-order valence-corrected chi connectivity index (χ4v) is 2.31. The van der Waals surface area contributed by atoms with Crippen LogP contribution in [0.5, 0.6) is 0 Å². The molecule has 25 heavy (non-hydrogen) atoms. The molecule has 2 aromatic rings. The molecule has 0 aliphatic carbocycles. The van der Waals surface area contributed by atoms with Gasteiger partial charge in [0, 0.05) is 6.54 Å². The summed E-state index contributed by atoms with van der Waals surface area (Å²) in [6.07, 6.45) is 2.66. The molecular formula is C18H21FN4O2. The first-order valence-corrected chi connectivity index (χ1v) is 7.94. The second-order valence-corrected chi connectivity index (χ2v) is 6.53. The van der Waals surface area contributed by atoms with Gasteiger partial charge in [0.15, 0.2) is 0 Å². The van der Waals surface area contributed by atoms with Crippen molar-refractivity contribution in [3.05, 3.63) is 47.7 Å². The third-order valence-electron chi connectivity index (χ3n) is 3.40. The molecule has 1 aromatic carbocycles. The summed E-state index contributed by atoms with van der Waals surface area (Å²) in [5, 5.41) is 8.81. The van der Waals surface area contributed by atoms with Crippen molar-refractivity contribution in [1.29, 1.82) is 5.26 Å². The molecule has 0 saturated carbocycles. The summed E-state index contributed by atoms with van der Waals surface area (Å²) in [6.45, 7) is 7.96. The van der Waals surface area contributed by atoms with Crippen LogP contribution in [-0.4, -0.2) is 27.8 Å². The van der Waals surface area contributed by atoms with E-state index in [4.69, 9.17) is 10.00 Å². The Hall–Kier alpha value is -2.88. The maximum Gasteiger partial charge on any atom is 0.415 e. The molecule has 0 fully saturated rings. The Morgan fingerprint density at radius 3 is 2.72 bits per heavy atom. The van der Waals surface area contributed by atoms with Crippen molar-refractivity contribution < 1.29 is 13.9 Å². The summed E-state index contributed by atoms with van der Waals surface area (Å²) in [4.78, 5) is 18.0. The molecule has 0 unspecified atom stereocenters. The highest BCUT2D eigenvalue weighted by Crippen LogP contribution is 2.20. The molecule has 1 heterocycles. The quantitative estimate of drug-likeness (QED) is 0.848. The number of nitrogens with zero attached hydrogens (tertiary/aromatic N) is 4. The highest BCUT2D eigenvalue weighted by molar-refractivity contribution is 5.86. The van der Waals surface area contributed by atoms with Crippen LogP contribution in [0.25, 0.3) is 0 Å². The molecule has 1 aromatic heterocycles. The summed E-state index contributed by atoms with van der Waals surface area (Å²) in [5.74, 6) is -0.0114. The van der Waals surface area contributed by atoms with Crippen molar-refractivity contribution in [3.8, 4) is 6.07 Å². The number of ether oxygens (including phenoxy) is 1. The highest BCUT2D eigenvalue weighted by atomic mass is 19.1. The maximum atomic E-state index is 13.8. The minimum atomic E-state index is -0.606. The van der Waals surface area contributed by atoms with Crippen molar-refractivity contribution >= 4 is 11.9 Å². The lowest BCUT2D eigenvalue weighted by molar-refractivity contribution is 0.0580. The Kier molecular flexibility index (Phi) is 5.42. The van der Waals surface area contributed by atoms with Crippen molar-refractivity contribution in [2.45, 2.75) is 39.8 Å². The molecule has 0 atom stereocenters. The molecule has 1 amide bonds. The average molecular weight is 344 g/mol. The predicted molar refractivity (Wildman–Crippen MR) is 91.7 cm³/mol. The minimum Gasteiger partial charge on any atom is -0.443 e. The third-order valence-corrected chi connectivity index (χ3v) is 3.40. The zero-order valence-corrected chi connectivity index (χ0v) is 14.8. The normalized spacial score (nSPS) is 11.0. The number of aromatic nitrogens is 2. The summed E-state index contributed by atoms with van der Waals surface area (Å²) >= 11 is 0. The van der Waals surface area contributed by atoms with Crippen LogP contribution in [-0.2, 0) is 11.3 Å². The standard InChI is InChI=1S/C18H21FN4O2/c1-5-23(17(24)25-18(2,3)4)16-10-21-12-22(16)11-13-6-7-14(9-20)15(19)8-13/h6-8,10,12H,5,11H2,1-4H3. The van der Waals surface area contributed by atoms with E-state index in [-0.39, 0.29) is 5.56 Å². The van der Waals surface area contributed by atoms with Crippen molar-refractivity contribution in [3.63, 3.8) is 0 Å². The molecule has 0 radical (unpaired) electrons. The van der Waals surface area contributed by atoms with E-state index < -0.39 is 17.5 Å². The van der Waals surface area contributed by atoms with Gasteiger partial charge in [-0.15, -0.1) is 0 Å². The predicted octanol–water partition coefficient (Wildman–Crippen LogP) is 3.70. The van der Waals surface area contributed by atoms with Crippen LogP contribution in [0.2, 0.25) is 0 Å². The lowest BCUT2D eigenvalue weighted by atomic mass is 10.1. The average Bonchev–Trinajstić information content (AvgIpc) is 2.94. The first kappa shape index (κ1) is 18.5. The second kappa shape index (κ2) is 7.34. The van der Waals surface area contributed by atoms with Gasteiger partial charge in [0.1, 0.15) is 23.3 Å². The van der Waals surface area contributed by atoms with E-state index in [2.05, 4.69) is 4.98 Å². The zero-order chi connectivity index (χ0) is 18.6. The van der Waals surface area contributed by atoms with Crippen LogP contribution in [0.1, 0.15) is 38.8 Å². The molecule has 0 saturated heterocycles. The monoisotopic (exact) mass is 344 g/mol. The lowest BCUT2D eigenvalue weighted by Gasteiger charge is -2.26. The van der Waals surface area contributed by atoms with E-state index >= 15 is 0 Å². The van der Waals surface area contributed by atoms with E-state index in [1.54, 1.807) is 50.0 Å². The number of benzene rings is 1. The largest absolute Gasteiger partial charge is 0.443 e. The van der Waals surface area contributed by atoms with Crippen molar-refractivity contribution in [1.82, 2.24) is 9.55 Å². The van der Waals surface area contributed by atoms with Crippen LogP contribution < -0.4 is 4.90 Å². The number of nitriles is 1. The van der Waals surface area contributed by atoms with Crippen LogP contribution in [0, 0.1) is 17.1 Å². The van der Waals surface area contributed by atoms with E-state index in [0.717, 1.165) is 0 Å². The van der Waals surface area contributed by atoms with Gasteiger partial charge in [0.25, 0.3) is 0 Å². The van der Waals surface area contributed by atoms with E-state index in [0.29, 0.717) is 24.5 Å². The van der Waals surface area contributed by atoms with E-state index in [1.807, 2.05) is 6.92 Å². The second-order valence-electron chi connectivity index (χ2n) is 6.53.